The summed E-state index contributed by atoms with van der Waals surface area (Å²) in [6.07, 6.45) is 3.72. The third-order valence-corrected chi connectivity index (χ3v) is 1.63. The zero-order valence-corrected chi connectivity index (χ0v) is 7.09. The molecule has 2 heteroatoms. The van der Waals surface area contributed by atoms with Gasteiger partial charge in [-0.1, -0.05) is 19.9 Å². The van der Waals surface area contributed by atoms with Gasteiger partial charge in [-0.2, -0.15) is 0 Å². The van der Waals surface area contributed by atoms with Crippen LogP contribution in [0.25, 0.3) is 0 Å². The van der Waals surface area contributed by atoms with Crippen molar-refractivity contribution in [3.05, 3.63) is 11.6 Å². The van der Waals surface area contributed by atoms with Gasteiger partial charge in [0.05, 0.1) is 6.61 Å². The first-order valence-corrected chi connectivity index (χ1v) is 4.06. The lowest BCUT2D eigenvalue weighted by atomic mass is 10.0. The van der Waals surface area contributed by atoms with Gasteiger partial charge in [0, 0.05) is 12.0 Å². The molecule has 0 amide bonds. The van der Waals surface area contributed by atoms with E-state index >= 15 is 0 Å². The molecule has 0 unspecified atom stereocenters. The number of ether oxygens (including phenoxy) is 1. The van der Waals surface area contributed by atoms with E-state index in [-0.39, 0.29) is 5.97 Å². The van der Waals surface area contributed by atoms with Gasteiger partial charge in [0.1, 0.15) is 0 Å². The first kappa shape index (κ1) is 8.31. The van der Waals surface area contributed by atoms with Crippen molar-refractivity contribution < 1.29 is 9.53 Å². The molecule has 1 rings (SSSR count). The van der Waals surface area contributed by atoms with Gasteiger partial charge in [-0.3, -0.25) is 0 Å². The van der Waals surface area contributed by atoms with E-state index in [1.54, 1.807) is 0 Å². The molecule has 0 saturated heterocycles. The van der Waals surface area contributed by atoms with Crippen LogP contribution in [0.3, 0.4) is 0 Å². The Balaban J connectivity index is 2.54. The van der Waals surface area contributed by atoms with Crippen LogP contribution in [0.5, 0.6) is 0 Å². The first-order valence-electron chi connectivity index (χ1n) is 4.06. The van der Waals surface area contributed by atoms with Crippen LogP contribution in [-0.4, -0.2) is 12.6 Å². The maximum Gasteiger partial charge on any atom is 0.333 e. The minimum Gasteiger partial charge on any atom is -0.462 e. The van der Waals surface area contributed by atoms with Gasteiger partial charge in [-0.15, -0.1) is 0 Å². The second kappa shape index (κ2) is 3.56. The van der Waals surface area contributed by atoms with E-state index in [1.807, 2.05) is 6.08 Å². The van der Waals surface area contributed by atoms with Crippen LogP contribution in [0.15, 0.2) is 11.6 Å². The maximum atomic E-state index is 11.0. The molecule has 0 aromatic carbocycles. The molecule has 0 aliphatic carbocycles. The molecule has 1 aliphatic rings. The van der Waals surface area contributed by atoms with Crippen molar-refractivity contribution in [2.45, 2.75) is 26.7 Å². The zero-order valence-electron chi connectivity index (χ0n) is 7.09. The predicted molar refractivity (Wildman–Crippen MR) is 43.1 cm³/mol. The summed E-state index contributed by atoms with van der Waals surface area (Å²) in [5, 5.41) is 0. The fourth-order valence-electron chi connectivity index (χ4n) is 1.17. The molecule has 1 heterocycles. The van der Waals surface area contributed by atoms with Gasteiger partial charge in [0.2, 0.25) is 0 Å². The summed E-state index contributed by atoms with van der Waals surface area (Å²) in [7, 11) is 0. The van der Waals surface area contributed by atoms with E-state index in [4.69, 9.17) is 4.74 Å². The number of esters is 1. The minimum absolute atomic E-state index is 0.120. The highest BCUT2D eigenvalue weighted by Gasteiger charge is 2.15. The molecular formula is C9H14O2. The second-order valence-corrected chi connectivity index (χ2v) is 3.25. The summed E-state index contributed by atoms with van der Waals surface area (Å²) >= 11 is 0. The Morgan fingerprint density at radius 1 is 1.64 bits per heavy atom. The lowest BCUT2D eigenvalue weighted by Gasteiger charge is -2.13. The van der Waals surface area contributed by atoms with E-state index in [2.05, 4.69) is 13.8 Å². The van der Waals surface area contributed by atoms with E-state index in [9.17, 15) is 4.79 Å². The Bertz CT molecular complexity index is 180. The highest BCUT2D eigenvalue weighted by atomic mass is 16.5. The van der Waals surface area contributed by atoms with Gasteiger partial charge < -0.3 is 4.74 Å². The molecule has 0 atom stereocenters. The molecule has 62 valence electrons. The van der Waals surface area contributed by atoms with Crippen molar-refractivity contribution in [1.29, 1.82) is 0 Å². The summed E-state index contributed by atoms with van der Waals surface area (Å²) < 4.78 is 4.88. The van der Waals surface area contributed by atoms with Gasteiger partial charge in [0.15, 0.2) is 0 Å². The summed E-state index contributed by atoms with van der Waals surface area (Å²) in [5.41, 5.74) is 0.853. The topological polar surface area (TPSA) is 26.3 Å². The van der Waals surface area contributed by atoms with Gasteiger partial charge in [-0.05, 0) is 12.3 Å². The third-order valence-electron chi connectivity index (χ3n) is 1.63. The SMILES string of the molecule is CC(C)CC1=CCCOC1=O. The summed E-state index contributed by atoms with van der Waals surface area (Å²) in [6, 6.07) is 0. The van der Waals surface area contributed by atoms with E-state index in [0.717, 1.165) is 18.4 Å². The van der Waals surface area contributed by atoms with Crippen LogP contribution in [0.4, 0.5) is 0 Å². The second-order valence-electron chi connectivity index (χ2n) is 3.25. The number of hydrogen-bond acceptors (Lipinski definition) is 2. The normalized spacial score (nSPS) is 18.1. The number of carbonyl (C=O) groups is 1. The summed E-state index contributed by atoms with van der Waals surface area (Å²) in [4.78, 5) is 11.0. The van der Waals surface area contributed by atoms with Crippen molar-refractivity contribution >= 4 is 5.97 Å². The fourth-order valence-corrected chi connectivity index (χ4v) is 1.17. The molecule has 2 nitrogen and oxygen atoms in total. The zero-order chi connectivity index (χ0) is 8.27. The highest BCUT2D eigenvalue weighted by Crippen LogP contribution is 2.16. The first-order chi connectivity index (χ1) is 5.20. The quantitative estimate of drug-likeness (QED) is 0.568. The lowest BCUT2D eigenvalue weighted by Crippen LogP contribution is -2.14. The Hall–Kier alpha value is -0.790. The van der Waals surface area contributed by atoms with Crippen molar-refractivity contribution in [3.8, 4) is 0 Å². The Morgan fingerprint density at radius 2 is 2.36 bits per heavy atom. The third kappa shape index (κ3) is 2.37. The van der Waals surface area contributed by atoms with Gasteiger partial charge in [-0.25, -0.2) is 4.79 Å². The van der Waals surface area contributed by atoms with Gasteiger partial charge >= 0.3 is 5.97 Å². The molecule has 11 heavy (non-hydrogen) atoms. The van der Waals surface area contributed by atoms with Crippen LogP contribution >= 0.6 is 0 Å². The molecule has 0 radical (unpaired) electrons. The molecule has 1 aliphatic heterocycles. The Labute approximate surface area is 67.2 Å². The molecular weight excluding hydrogens is 140 g/mol. The van der Waals surface area contributed by atoms with E-state index < -0.39 is 0 Å². The predicted octanol–water partition coefficient (Wildman–Crippen LogP) is 1.91. The van der Waals surface area contributed by atoms with Crippen LogP contribution in [0, 0.1) is 5.92 Å². The monoisotopic (exact) mass is 154 g/mol. The van der Waals surface area contributed by atoms with Crippen molar-refractivity contribution in [1.82, 2.24) is 0 Å². The standard InChI is InChI=1S/C9H14O2/c1-7(2)6-8-4-3-5-11-9(8)10/h4,7H,3,5-6H2,1-2H3. The van der Waals surface area contributed by atoms with Gasteiger partial charge in [0.25, 0.3) is 0 Å². The summed E-state index contributed by atoms with van der Waals surface area (Å²) in [6.45, 7) is 4.76. The number of cyclic esters (lactones) is 1. The van der Waals surface area contributed by atoms with Crippen molar-refractivity contribution in [2.24, 2.45) is 5.92 Å². The molecule has 0 fully saturated rings. The number of carbonyl (C=O) groups excluding carboxylic acids is 1. The highest BCUT2D eigenvalue weighted by molar-refractivity contribution is 5.89. The molecule has 0 aromatic heterocycles. The minimum atomic E-state index is -0.120. The van der Waals surface area contributed by atoms with Crippen molar-refractivity contribution in [2.75, 3.05) is 6.61 Å². The van der Waals surface area contributed by atoms with E-state index in [0.29, 0.717) is 12.5 Å². The average Bonchev–Trinajstić information content (AvgIpc) is 1.93. The average molecular weight is 154 g/mol. The Kier molecular flexibility index (Phi) is 2.69. The lowest BCUT2D eigenvalue weighted by molar-refractivity contribution is -0.140. The molecule has 0 spiro atoms. The van der Waals surface area contributed by atoms with Crippen LogP contribution in [0.2, 0.25) is 0 Å². The maximum absolute atomic E-state index is 11.0. The van der Waals surface area contributed by atoms with Crippen molar-refractivity contribution in [3.63, 3.8) is 0 Å². The smallest absolute Gasteiger partial charge is 0.333 e. The van der Waals surface area contributed by atoms with Crippen LogP contribution in [-0.2, 0) is 9.53 Å². The van der Waals surface area contributed by atoms with E-state index in [1.165, 1.54) is 0 Å². The molecule has 0 saturated carbocycles. The molecule has 0 aromatic rings. The molecule has 0 bridgehead atoms. The number of rotatable bonds is 2. The Morgan fingerprint density at radius 3 is 2.91 bits per heavy atom. The largest absolute Gasteiger partial charge is 0.462 e. The number of hydrogen-bond donors (Lipinski definition) is 0. The van der Waals surface area contributed by atoms with Crippen LogP contribution < -0.4 is 0 Å². The molecule has 0 N–H and O–H groups in total. The van der Waals surface area contributed by atoms with Crippen LogP contribution in [0.1, 0.15) is 26.7 Å². The summed E-state index contributed by atoms with van der Waals surface area (Å²) in [5.74, 6) is 0.414. The fraction of sp³-hybridized carbons (Fsp3) is 0.667.